The summed E-state index contributed by atoms with van der Waals surface area (Å²) in [6.45, 7) is 1.77. The molecule has 0 spiro atoms. The quantitative estimate of drug-likeness (QED) is 0.531. The summed E-state index contributed by atoms with van der Waals surface area (Å²) >= 11 is 1.32. The molecule has 1 saturated heterocycles. The van der Waals surface area contributed by atoms with E-state index in [-0.39, 0.29) is 5.56 Å². The fraction of sp³-hybridized carbons (Fsp3) is 0.421. The lowest BCUT2D eigenvalue weighted by Crippen LogP contribution is -2.51. The average Bonchev–Trinajstić information content (AvgIpc) is 3.15. The van der Waals surface area contributed by atoms with E-state index >= 15 is 0 Å². The summed E-state index contributed by atoms with van der Waals surface area (Å²) in [5, 5.41) is 4.38. The van der Waals surface area contributed by atoms with Crippen molar-refractivity contribution in [3.63, 3.8) is 0 Å². The van der Waals surface area contributed by atoms with Crippen LogP contribution in [0, 0.1) is 6.92 Å². The second-order valence-corrected chi connectivity index (χ2v) is 7.61. The third-order valence-electron chi connectivity index (χ3n) is 4.50. The third-order valence-corrected chi connectivity index (χ3v) is 5.54. The Labute approximate surface area is 172 Å². The van der Waals surface area contributed by atoms with E-state index in [1.807, 2.05) is 0 Å². The lowest BCUT2D eigenvalue weighted by atomic mass is 10.0. The van der Waals surface area contributed by atoms with Crippen molar-refractivity contribution in [3.8, 4) is 0 Å². The Morgan fingerprint density at radius 2 is 2.21 bits per heavy atom. The maximum Gasteiger partial charge on any atom is 0.341 e. The van der Waals surface area contributed by atoms with Gasteiger partial charge in [-0.2, -0.15) is 0 Å². The molecule has 2 N–H and O–H groups in total. The van der Waals surface area contributed by atoms with Gasteiger partial charge in [0.25, 0.3) is 5.91 Å². The smallest absolute Gasteiger partial charge is 0.341 e. The number of amides is 2. The van der Waals surface area contributed by atoms with Crippen molar-refractivity contribution in [2.24, 2.45) is 5.73 Å². The first kappa shape index (κ1) is 20.8. The number of pyridine rings is 1. The summed E-state index contributed by atoms with van der Waals surface area (Å²) in [6.07, 6.45) is 3.72. The Bertz CT molecular complexity index is 900. The van der Waals surface area contributed by atoms with E-state index in [9.17, 15) is 14.4 Å². The first-order chi connectivity index (χ1) is 14.0. The monoisotopic (exact) mass is 418 g/mol. The highest BCUT2D eigenvalue weighted by molar-refractivity contribution is 7.98. The summed E-state index contributed by atoms with van der Waals surface area (Å²) < 4.78 is 10.2. The summed E-state index contributed by atoms with van der Waals surface area (Å²) in [5.41, 5.74) is 6.37. The summed E-state index contributed by atoms with van der Waals surface area (Å²) in [4.78, 5) is 42.1. The van der Waals surface area contributed by atoms with E-state index in [1.54, 1.807) is 31.3 Å². The van der Waals surface area contributed by atoms with Gasteiger partial charge in [-0.25, -0.2) is 9.78 Å². The minimum atomic E-state index is -0.655. The summed E-state index contributed by atoms with van der Waals surface area (Å²) in [5.74, 6) is -0.456. The minimum absolute atomic E-state index is 0.260. The molecule has 2 aromatic heterocycles. The summed E-state index contributed by atoms with van der Waals surface area (Å²) in [7, 11) is 0. The standard InChI is InChI=1S/C19H22N4O5S/c1-12-9-13(22-28-12)11-29-18-14(5-4-7-21-18)19(26)27-10-16(24)23-8-3-2-6-15(23)17(20)25/h4-5,7,9,15H,2-3,6,8,10-11H2,1H3,(H2,20,25)/t15-/m1/s1. The van der Waals surface area contributed by atoms with Crippen LogP contribution < -0.4 is 5.73 Å². The van der Waals surface area contributed by atoms with Crippen molar-refractivity contribution >= 4 is 29.5 Å². The van der Waals surface area contributed by atoms with Crippen LogP contribution in [-0.4, -0.2) is 52.0 Å². The molecular weight excluding hydrogens is 396 g/mol. The fourth-order valence-electron chi connectivity index (χ4n) is 3.10. The third kappa shape index (κ3) is 5.35. The zero-order valence-corrected chi connectivity index (χ0v) is 16.8. The van der Waals surface area contributed by atoms with Crippen molar-refractivity contribution in [1.29, 1.82) is 0 Å². The zero-order chi connectivity index (χ0) is 20.8. The van der Waals surface area contributed by atoms with Gasteiger partial charge in [0.2, 0.25) is 5.91 Å². The molecule has 1 aliphatic rings. The van der Waals surface area contributed by atoms with E-state index in [4.69, 9.17) is 15.0 Å². The van der Waals surface area contributed by atoms with Gasteiger partial charge in [0.05, 0.1) is 11.3 Å². The second kappa shape index (κ2) is 9.55. The van der Waals surface area contributed by atoms with Gasteiger partial charge < -0.3 is 19.9 Å². The molecule has 154 valence electrons. The van der Waals surface area contributed by atoms with Crippen molar-refractivity contribution in [3.05, 3.63) is 41.4 Å². The van der Waals surface area contributed by atoms with Crippen LogP contribution in [0.4, 0.5) is 0 Å². The highest BCUT2D eigenvalue weighted by atomic mass is 32.2. The number of aryl methyl sites for hydroxylation is 1. The van der Waals surface area contributed by atoms with Crippen LogP contribution in [0.2, 0.25) is 0 Å². The Hall–Kier alpha value is -2.88. The lowest BCUT2D eigenvalue weighted by molar-refractivity contribution is -0.143. The Kier molecular flexibility index (Phi) is 6.86. The molecule has 0 aliphatic carbocycles. The van der Waals surface area contributed by atoms with Gasteiger partial charge in [-0.15, -0.1) is 0 Å². The number of primary amides is 1. The topological polar surface area (TPSA) is 129 Å². The number of piperidine rings is 1. The van der Waals surface area contributed by atoms with Crippen LogP contribution in [-0.2, 0) is 20.1 Å². The predicted molar refractivity (Wildman–Crippen MR) is 104 cm³/mol. The molecule has 1 aliphatic heterocycles. The van der Waals surface area contributed by atoms with E-state index in [2.05, 4.69) is 10.1 Å². The Balaban J connectivity index is 1.60. The number of hydrogen-bond donors (Lipinski definition) is 1. The number of nitrogens with zero attached hydrogens (tertiary/aromatic N) is 3. The highest BCUT2D eigenvalue weighted by Gasteiger charge is 2.31. The molecule has 0 radical (unpaired) electrons. The number of carbonyl (C=O) groups is 3. The van der Waals surface area contributed by atoms with E-state index in [0.717, 1.165) is 18.5 Å². The average molecular weight is 418 g/mol. The van der Waals surface area contributed by atoms with Gasteiger partial charge in [0.15, 0.2) is 6.61 Å². The molecular formula is C19H22N4O5S. The normalized spacial score (nSPS) is 16.4. The van der Waals surface area contributed by atoms with Crippen LogP contribution in [0.15, 0.2) is 33.9 Å². The number of likely N-dealkylation sites (tertiary alicyclic amines) is 1. The molecule has 1 atom stereocenters. The maximum atomic E-state index is 12.5. The molecule has 3 rings (SSSR count). The number of nitrogens with two attached hydrogens (primary N) is 1. The van der Waals surface area contributed by atoms with Gasteiger partial charge in [-0.05, 0) is 38.3 Å². The van der Waals surface area contributed by atoms with Gasteiger partial charge in [-0.1, -0.05) is 16.9 Å². The van der Waals surface area contributed by atoms with Crippen molar-refractivity contribution in [1.82, 2.24) is 15.0 Å². The Morgan fingerprint density at radius 3 is 2.93 bits per heavy atom. The highest BCUT2D eigenvalue weighted by Crippen LogP contribution is 2.25. The van der Waals surface area contributed by atoms with E-state index < -0.39 is 30.4 Å². The van der Waals surface area contributed by atoms with Crippen LogP contribution in [0.25, 0.3) is 0 Å². The van der Waals surface area contributed by atoms with Crippen LogP contribution >= 0.6 is 11.8 Å². The first-order valence-corrected chi connectivity index (χ1v) is 10.2. The van der Waals surface area contributed by atoms with Crippen molar-refractivity contribution in [2.75, 3.05) is 13.2 Å². The fourth-order valence-corrected chi connectivity index (χ4v) is 3.97. The number of aromatic nitrogens is 2. The molecule has 2 aromatic rings. The number of ether oxygens (including phenoxy) is 1. The van der Waals surface area contributed by atoms with Gasteiger partial charge in [-0.3, -0.25) is 9.59 Å². The SMILES string of the molecule is Cc1cc(CSc2ncccc2C(=O)OCC(=O)N2CCCC[C@@H]2C(N)=O)no1. The predicted octanol–water partition coefficient (Wildman–Crippen LogP) is 1.69. The molecule has 9 nitrogen and oxygen atoms in total. The molecule has 0 unspecified atom stereocenters. The number of thioether (sulfide) groups is 1. The van der Waals surface area contributed by atoms with Gasteiger partial charge in [0, 0.05) is 24.6 Å². The van der Waals surface area contributed by atoms with Gasteiger partial charge >= 0.3 is 5.97 Å². The molecule has 0 saturated carbocycles. The van der Waals surface area contributed by atoms with E-state index in [0.29, 0.717) is 29.5 Å². The molecule has 3 heterocycles. The lowest BCUT2D eigenvalue weighted by Gasteiger charge is -2.33. The number of carbonyl (C=O) groups excluding carboxylic acids is 3. The molecule has 1 fully saturated rings. The van der Waals surface area contributed by atoms with Gasteiger partial charge in [0.1, 0.15) is 16.8 Å². The maximum absolute atomic E-state index is 12.5. The zero-order valence-electron chi connectivity index (χ0n) is 16.0. The molecule has 10 heteroatoms. The molecule has 0 aromatic carbocycles. The summed E-state index contributed by atoms with van der Waals surface area (Å²) in [6, 6.07) is 4.37. The number of esters is 1. The van der Waals surface area contributed by atoms with Crippen LogP contribution in [0.3, 0.4) is 0 Å². The Morgan fingerprint density at radius 1 is 1.38 bits per heavy atom. The van der Waals surface area contributed by atoms with Crippen molar-refractivity contribution < 1.29 is 23.6 Å². The molecule has 2 amide bonds. The minimum Gasteiger partial charge on any atom is -0.452 e. The van der Waals surface area contributed by atoms with Crippen LogP contribution in [0.5, 0.6) is 0 Å². The van der Waals surface area contributed by atoms with E-state index in [1.165, 1.54) is 16.7 Å². The number of rotatable bonds is 7. The van der Waals surface area contributed by atoms with Crippen molar-refractivity contribution in [2.45, 2.75) is 43.0 Å². The molecule has 29 heavy (non-hydrogen) atoms. The molecule has 0 bridgehead atoms. The first-order valence-electron chi connectivity index (χ1n) is 9.21. The van der Waals surface area contributed by atoms with Crippen LogP contribution in [0.1, 0.15) is 41.1 Å². The number of hydrogen-bond acceptors (Lipinski definition) is 8. The largest absolute Gasteiger partial charge is 0.452 e. The second-order valence-electron chi connectivity index (χ2n) is 6.65.